The predicted molar refractivity (Wildman–Crippen MR) is 97.5 cm³/mol. The Kier molecular flexibility index (Phi) is 4.37. The predicted octanol–water partition coefficient (Wildman–Crippen LogP) is 5.53. The van der Waals surface area contributed by atoms with Crippen LogP contribution in [0.4, 0.5) is 5.69 Å². The van der Waals surface area contributed by atoms with E-state index in [4.69, 9.17) is 4.99 Å². The maximum absolute atomic E-state index is 5.06. The molecule has 1 spiro atoms. The quantitative estimate of drug-likeness (QED) is 0.706. The van der Waals surface area contributed by atoms with Crippen LogP contribution in [-0.4, -0.2) is 16.5 Å². The second-order valence-corrected chi connectivity index (χ2v) is 8.44. The summed E-state index contributed by atoms with van der Waals surface area (Å²) in [6.07, 6.45) is 5.21. The summed E-state index contributed by atoms with van der Waals surface area (Å²) in [4.78, 5) is 5.06. The van der Waals surface area contributed by atoms with Crippen molar-refractivity contribution in [3.8, 4) is 0 Å². The Balaban J connectivity index is 1.77. The minimum absolute atomic E-state index is 0.212. The summed E-state index contributed by atoms with van der Waals surface area (Å²) < 4.78 is 1.20. The highest BCUT2D eigenvalue weighted by Crippen LogP contribution is 2.42. The van der Waals surface area contributed by atoms with Gasteiger partial charge in [-0.15, -0.1) is 0 Å². The van der Waals surface area contributed by atoms with Crippen molar-refractivity contribution in [2.24, 2.45) is 10.9 Å². The molecule has 114 valence electrons. The topological polar surface area (TPSA) is 24.4 Å². The third-order valence-corrected chi connectivity index (χ3v) is 6.97. The Labute approximate surface area is 140 Å². The van der Waals surface area contributed by atoms with Gasteiger partial charge in [0.1, 0.15) is 0 Å². The first-order chi connectivity index (χ1) is 9.97. The van der Waals surface area contributed by atoms with Gasteiger partial charge in [0.05, 0.1) is 5.54 Å². The van der Waals surface area contributed by atoms with Crippen molar-refractivity contribution in [1.82, 2.24) is 0 Å². The second kappa shape index (κ2) is 5.96. The summed E-state index contributed by atoms with van der Waals surface area (Å²) in [5, 5.41) is 4.63. The van der Waals surface area contributed by atoms with E-state index in [0.29, 0.717) is 0 Å². The molecule has 1 aliphatic heterocycles. The Hall–Kier alpha value is -0.480. The van der Waals surface area contributed by atoms with Gasteiger partial charge in [0, 0.05) is 15.9 Å². The van der Waals surface area contributed by atoms with E-state index in [-0.39, 0.29) is 5.54 Å². The minimum atomic E-state index is 0.212. The van der Waals surface area contributed by atoms with E-state index in [9.17, 15) is 0 Å². The van der Waals surface area contributed by atoms with Crippen molar-refractivity contribution >= 4 is 38.5 Å². The molecule has 1 heterocycles. The lowest BCUT2D eigenvalue weighted by Crippen LogP contribution is -2.33. The molecule has 3 rings (SSSR count). The number of anilines is 1. The van der Waals surface area contributed by atoms with Crippen LogP contribution in [0.5, 0.6) is 0 Å². The summed E-state index contributed by atoms with van der Waals surface area (Å²) in [6, 6.07) is 4.38. The van der Waals surface area contributed by atoms with Crippen LogP contribution >= 0.6 is 27.7 Å². The molecule has 1 aromatic rings. The van der Waals surface area contributed by atoms with Gasteiger partial charge in [0.15, 0.2) is 5.17 Å². The van der Waals surface area contributed by atoms with Crippen LogP contribution in [0.2, 0.25) is 0 Å². The van der Waals surface area contributed by atoms with Gasteiger partial charge in [0.25, 0.3) is 0 Å². The number of hydrogen-bond donors (Lipinski definition) is 1. The fourth-order valence-electron chi connectivity index (χ4n) is 3.55. The van der Waals surface area contributed by atoms with Crippen LogP contribution in [0, 0.1) is 19.8 Å². The van der Waals surface area contributed by atoms with Crippen molar-refractivity contribution in [3.05, 3.63) is 27.7 Å². The average molecular weight is 367 g/mol. The highest BCUT2D eigenvalue weighted by molar-refractivity contribution is 9.10. The normalized spacial score (nSPS) is 28.8. The van der Waals surface area contributed by atoms with Gasteiger partial charge in [-0.2, -0.15) is 0 Å². The molecule has 0 aromatic heterocycles. The fourth-order valence-corrected chi connectivity index (χ4v) is 4.96. The molecule has 0 radical (unpaired) electrons. The number of halogens is 1. The number of aliphatic imine (C=N–C) groups is 1. The minimum Gasteiger partial charge on any atom is -0.335 e. The number of rotatable bonds is 1. The van der Waals surface area contributed by atoms with Gasteiger partial charge in [-0.3, -0.25) is 4.99 Å². The Morgan fingerprint density at radius 3 is 2.71 bits per heavy atom. The van der Waals surface area contributed by atoms with E-state index >= 15 is 0 Å². The molecule has 4 heteroatoms. The summed E-state index contributed by atoms with van der Waals surface area (Å²) in [7, 11) is 0. The lowest BCUT2D eigenvalue weighted by Gasteiger charge is -2.33. The maximum Gasteiger partial charge on any atom is 0.161 e. The SMILES string of the molecule is Cc1cc(NC2=NC3(CCCC(C)C3)CS2)cc(C)c1Br. The first kappa shape index (κ1) is 15.4. The zero-order valence-corrected chi connectivity index (χ0v) is 15.4. The molecule has 0 saturated heterocycles. The molecule has 0 bridgehead atoms. The van der Waals surface area contributed by atoms with E-state index in [1.54, 1.807) is 0 Å². The Bertz CT molecular complexity index is 561. The maximum atomic E-state index is 5.06. The molecule has 0 amide bonds. The summed E-state index contributed by atoms with van der Waals surface area (Å²) in [5.41, 5.74) is 3.90. The molecule has 2 nitrogen and oxygen atoms in total. The summed E-state index contributed by atoms with van der Waals surface area (Å²) in [6.45, 7) is 6.64. The van der Waals surface area contributed by atoms with E-state index in [1.165, 1.54) is 41.3 Å². The molecule has 2 unspecified atom stereocenters. The number of thioether (sulfide) groups is 1. The van der Waals surface area contributed by atoms with E-state index in [1.807, 2.05) is 11.8 Å². The first-order valence-corrected chi connectivity index (χ1v) is 9.52. The number of aryl methyl sites for hydroxylation is 2. The number of amidine groups is 1. The van der Waals surface area contributed by atoms with E-state index in [2.05, 4.69) is 54.2 Å². The number of nitrogens with one attached hydrogen (secondary N) is 1. The summed E-state index contributed by atoms with van der Waals surface area (Å²) >= 11 is 5.51. The number of benzene rings is 1. The van der Waals surface area contributed by atoms with Crippen molar-refractivity contribution < 1.29 is 0 Å². The van der Waals surface area contributed by atoms with Crippen molar-refractivity contribution in [2.75, 3.05) is 11.1 Å². The number of nitrogens with zero attached hydrogens (tertiary/aromatic N) is 1. The lowest BCUT2D eigenvalue weighted by molar-refractivity contribution is 0.266. The molecule has 2 atom stereocenters. The molecule has 1 N–H and O–H groups in total. The Morgan fingerprint density at radius 1 is 1.33 bits per heavy atom. The molecule has 2 aliphatic rings. The zero-order chi connectivity index (χ0) is 15.0. The smallest absolute Gasteiger partial charge is 0.161 e. The van der Waals surface area contributed by atoms with Gasteiger partial charge in [-0.05, 0) is 55.9 Å². The molecule has 1 saturated carbocycles. The zero-order valence-electron chi connectivity index (χ0n) is 13.0. The highest BCUT2D eigenvalue weighted by Gasteiger charge is 2.39. The second-order valence-electron chi connectivity index (χ2n) is 6.68. The van der Waals surface area contributed by atoms with Crippen LogP contribution in [0.3, 0.4) is 0 Å². The van der Waals surface area contributed by atoms with Gasteiger partial charge >= 0.3 is 0 Å². The third kappa shape index (κ3) is 3.31. The average Bonchev–Trinajstić information content (AvgIpc) is 2.78. The monoisotopic (exact) mass is 366 g/mol. The highest BCUT2D eigenvalue weighted by atomic mass is 79.9. The van der Waals surface area contributed by atoms with Crippen LogP contribution in [0.15, 0.2) is 21.6 Å². The van der Waals surface area contributed by atoms with Gasteiger partial charge in [0.2, 0.25) is 0 Å². The molecular weight excluding hydrogens is 344 g/mol. The standard InChI is InChI=1S/C17H23BrN2S/c1-11-5-4-6-17(9-11)10-21-16(20-17)19-14-7-12(2)15(18)13(3)8-14/h7-8,11H,4-6,9-10H2,1-3H3,(H,19,20). The van der Waals surface area contributed by atoms with Crippen LogP contribution in [0.1, 0.15) is 43.7 Å². The largest absolute Gasteiger partial charge is 0.335 e. The molecule has 21 heavy (non-hydrogen) atoms. The lowest BCUT2D eigenvalue weighted by atomic mass is 9.78. The van der Waals surface area contributed by atoms with E-state index in [0.717, 1.165) is 22.5 Å². The Morgan fingerprint density at radius 2 is 2.05 bits per heavy atom. The van der Waals surface area contributed by atoms with E-state index < -0.39 is 0 Å². The molecule has 1 fully saturated rings. The van der Waals surface area contributed by atoms with Crippen LogP contribution in [0.25, 0.3) is 0 Å². The first-order valence-electron chi connectivity index (χ1n) is 7.74. The van der Waals surface area contributed by atoms with Gasteiger partial charge in [-0.25, -0.2) is 0 Å². The van der Waals surface area contributed by atoms with Gasteiger partial charge in [-0.1, -0.05) is 47.5 Å². The van der Waals surface area contributed by atoms with Crippen LogP contribution in [-0.2, 0) is 0 Å². The number of hydrogen-bond acceptors (Lipinski definition) is 3. The van der Waals surface area contributed by atoms with Gasteiger partial charge < -0.3 is 5.32 Å². The fraction of sp³-hybridized carbons (Fsp3) is 0.588. The van der Waals surface area contributed by atoms with Crippen molar-refractivity contribution in [1.29, 1.82) is 0 Å². The van der Waals surface area contributed by atoms with Crippen molar-refractivity contribution in [2.45, 2.75) is 52.0 Å². The molecular formula is C17H23BrN2S. The van der Waals surface area contributed by atoms with Crippen LogP contribution < -0.4 is 5.32 Å². The van der Waals surface area contributed by atoms with Crippen molar-refractivity contribution in [3.63, 3.8) is 0 Å². The molecule has 1 aromatic carbocycles. The third-order valence-electron chi connectivity index (χ3n) is 4.57. The summed E-state index contributed by atoms with van der Waals surface area (Å²) in [5.74, 6) is 1.97. The molecule has 1 aliphatic carbocycles.